The van der Waals surface area contributed by atoms with Crippen LogP contribution in [0.2, 0.25) is 5.02 Å². The van der Waals surface area contributed by atoms with Gasteiger partial charge in [0, 0.05) is 29.7 Å². The van der Waals surface area contributed by atoms with Crippen molar-refractivity contribution in [3.05, 3.63) is 41.2 Å². The molecule has 2 N–H and O–H groups in total. The number of hydrogen-bond acceptors (Lipinski definition) is 5. The van der Waals surface area contributed by atoms with Crippen LogP contribution in [0.15, 0.2) is 30.3 Å². The molecule has 0 aliphatic heterocycles. The van der Waals surface area contributed by atoms with Crippen LogP contribution in [0.25, 0.3) is 16.9 Å². The summed E-state index contributed by atoms with van der Waals surface area (Å²) in [4.78, 5) is 8.85. The first-order valence-electron chi connectivity index (χ1n) is 7.03. The Labute approximate surface area is 132 Å². The molecule has 114 valence electrons. The Bertz CT molecular complexity index is 784. The Morgan fingerprint density at radius 3 is 2.73 bits per heavy atom. The molecule has 0 amide bonds. The lowest BCUT2D eigenvalue weighted by molar-refractivity contribution is 0.149. The van der Waals surface area contributed by atoms with Gasteiger partial charge in [-0.1, -0.05) is 23.7 Å². The SMILES string of the molecule is CCOCCc1nc2cc(-c3ccc(Cl)cc3)nc(N)n2n1. The summed E-state index contributed by atoms with van der Waals surface area (Å²) < 4.78 is 6.86. The third-order valence-corrected chi connectivity index (χ3v) is 3.46. The van der Waals surface area contributed by atoms with Crippen molar-refractivity contribution in [2.75, 3.05) is 18.9 Å². The van der Waals surface area contributed by atoms with Gasteiger partial charge in [0.15, 0.2) is 11.5 Å². The summed E-state index contributed by atoms with van der Waals surface area (Å²) in [6.45, 7) is 3.22. The lowest BCUT2D eigenvalue weighted by Crippen LogP contribution is -2.04. The first kappa shape index (κ1) is 14.7. The number of ether oxygens (including phenoxy) is 1. The molecule has 3 aromatic rings. The largest absolute Gasteiger partial charge is 0.381 e. The summed E-state index contributed by atoms with van der Waals surface area (Å²) in [7, 11) is 0. The van der Waals surface area contributed by atoms with Crippen LogP contribution in [-0.4, -0.2) is 32.8 Å². The van der Waals surface area contributed by atoms with Gasteiger partial charge in [-0.05, 0) is 19.1 Å². The average molecular weight is 318 g/mol. The van der Waals surface area contributed by atoms with Gasteiger partial charge < -0.3 is 10.5 Å². The van der Waals surface area contributed by atoms with Crippen molar-refractivity contribution in [1.82, 2.24) is 19.6 Å². The number of rotatable bonds is 5. The van der Waals surface area contributed by atoms with E-state index in [0.29, 0.717) is 42.1 Å². The second kappa shape index (κ2) is 6.29. The number of nitrogens with zero attached hydrogens (tertiary/aromatic N) is 4. The Morgan fingerprint density at radius 2 is 2.00 bits per heavy atom. The maximum Gasteiger partial charge on any atom is 0.223 e. The van der Waals surface area contributed by atoms with E-state index >= 15 is 0 Å². The maximum atomic E-state index is 5.98. The molecule has 0 spiro atoms. The smallest absolute Gasteiger partial charge is 0.223 e. The molecular weight excluding hydrogens is 302 g/mol. The van der Waals surface area contributed by atoms with E-state index in [2.05, 4.69) is 15.1 Å². The minimum atomic E-state index is 0.303. The van der Waals surface area contributed by atoms with Crippen LogP contribution in [0.1, 0.15) is 12.7 Å². The molecule has 7 heteroatoms. The molecule has 0 radical (unpaired) electrons. The molecular formula is C15H16ClN5O. The highest BCUT2D eigenvalue weighted by Crippen LogP contribution is 2.22. The van der Waals surface area contributed by atoms with Crippen LogP contribution < -0.4 is 5.73 Å². The van der Waals surface area contributed by atoms with Crippen molar-refractivity contribution in [2.45, 2.75) is 13.3 Å². The number of anilines is 1. The van der Waals surface area contributed by atoms with E-state index in [1.54, 1.807) is 4.52 Å². The Balaban J connectivity index is 1.95. The standard InChI is InChI=1S/C15H16ClN5O/c1-2-22-8-7-13-19-14-9-12(18-15(17)21(14)20-13)10-3-5-11(16)6-4-10/h3-6,9H,2,7-8H2,1H3,(H2,17,18). The zero-order valence-electron chi connectivity index (χ0n) is 12.2. The van der Waals surface area contributed by atoms with Crippen LogP contribution in [0.3, 0.4) is 0 Å². The summed E-state index contributed by atoms with van der Waals surface area (Å²) >= 11 is 5.91. The van der Waals surface area contributed by atoms with Crippen LogP contribution in [-0.2, 0) is 11.2 Å². The number of halogens is 1. The lowest BCUT2D eigenvalue weighted by atomic mass is 10.1. The van der Waals surface area contributed by atoms with E-state index in [-0.39, 0.29) is 0 Å². The van der Waals surface area contributed by atoms with E-state index in [0.717, 1.165) is 11.3 Å². The highest BCUT2D eigenvalue weighted by Gasteiger charge is 2.10. The second-order valence-corrected chi connectivity index (χ2v) is 5.19. The molecule has 0 aliphatic rings. The molecule has 0 saturated carbocycles. The van der Waals surface area contributed by atoms with Crippen LogP contribution >= 0.6 is 11.6 Å². The molecule has 2 aromatic heterocycles. The predicted octanol–water partition coefficient (Wildman–Crippen LogP) is 2.61. The van der Waals surface area contributed by atoms with E-state index in [9.17, 15) is 0 Å². The molecule has 2 heterocycles. The third kappa shape index (κ3) is 3.03. The minimum absolute atomic E-state index is 0.303. The van der Waals surface area contributed by atoms with Crippen molar-refractivity contribution < 1.29 is 4.74 Å². The zero-order valence-corrected chi connectivity index (χ0v) is 12.9. The highest BCUT2D eigenvalue weighted by molar-refractivity contribution is 6.30. The van der Waals surface area contributed by atoms with Gasteiger partial charge in [0.25, 0.3) is 0 Å². The van der Waals surface area contributed by atoms with Crippen LogP contribution in [0.5, 0.6) is 0 Å². The van der Waals surface area contributed by atoms with Gasteiger partial charge in [-0.3, -0.25) is 0 Å². The van der Waals surface area contributed by atoms with Gasteiger partial charge in [0.1, 0.15) is 0 Å². The van der Waals surface area contributed by atoms with Crippen molar-refractivity contribution in [3.8, 4) is 11.3 Å². The molecule has 0 fully saturated rings. The number of nitrogens with two attached hydrogens (primary N) is 1. The predicted molar refractivity (Wildman–Crippen MR) is 85.8 cm³/mol. The first-order chi connectivity index (χ1) is 10.7. The van der Waals surface area contributed by atoms with Gasteiger partial charge in [0.2, 0.25) is 5.95 Å². The first-order valence-corrected chi connectivity index (χ1v) is 7.41. The average Bonchev–Trinajstić information content (AvgIpc) is 2.92. The number of benzene rings is 1. The fourth-order valence-corrected chi connectivity index (χ4v) is 2.26. The summed E-state index contributed by atoms with van der Waals surface area (Å²) in [5.74, 6) is 0.993. The fraction of sp³-hybridized carbons (Fsp3) is 0.267. The normalized spacial score (nSPS) is 11.2. The number of aromatic nitrogens is 4. The zero-order chi connectivity index (χ0) is 15.5. The van der Waals surface area contributed by atoms with Gasteiger partial charge in [-0.2, -0.15) is 4.52 Å². The molecule has 0 bridgehead atoms. The van der Waals surface area contributed by atoms with Crippen molar-refractivity contribution in [3.63, 3.8) is 0 Å². The number of hydrogen-bond donors (Lipinski definition) is 1. The second-order valence-electron chi connectivity index (χ2n) is 4.75. The van der Waals surface area contributed by atoms with Crippen molar-refractivity contribution in [2.24, 2.45) is 0 Å². The lowest BCUT2D eigenvalue weighted by Gasteiger charge is -2.03. The van der Waals surface area contributed by atoms with E-state index in [4.69, 9.17) is 22.1 Å². The van der Waals surface area contributed by atoms with Crippen molar-refractivity contribution in [1.29, 1.82) is 0 Å². The topological polar surface area (TPSA) is 78.3 Å². The summed E-state index contributed by atoms with van der Waals surface area (Å²) in [6, 6.07) is 9.28. The van der Waals surface area contributed by atoms with Crippen molar-refractivity contribution >= 4 is 23.2 Å². The molecule has 0 aliphatic carbocycles. The van der Waals surface area contributed by atoms with Gasteiger partial charge in [-0.25, -0.2) is 9.97 Å². The molecule has 0 unspecified atom stereocenters. The fourth-order valence-electron chi connectivity index (χ4n) is 2.14. The van der Waals surface area contributed by atoms with E-state index in [1.807, 2.05) is 37.3 Å². The monoisotopic (exact) mass is 317 g/mol. The molecule has 3 rings (SSSR count). The van der Waals surface area contributed by atoms with Gasteiger partial charge in [0.05, 0.1) is 12.3 Å². The molecule has 0 saturated heterocycles. The Morgan fingerprint density at radius 1 is 1.23 bits per heavy atom. The maximum absolute atomic E-state index is 5.98. The molecule has 1 aromatic carbocycles. The van der Waals surface area contributed by atoms with Gasteiger partial charge >= 0.3 is 0 Å². The van der Waals surface area contributed by atoms with Crippen LogP contribution in [0.4, 0.5) is 5.95 Å². The summed E-state index contributed by atoms with van der Waals surface area (Å²) in [5, 5.41) is 5.03. The molecule has 0 atom stereocenters. The highest BCUT2D eigenvalue weighted by atomic mass is 35.5. The quantitative estimate of drug-likeness (QED) is 0.732. The van der Waals surface area contributed by atoms with E-state index in [1.165, 1.54) is 0 Å². The van der Waals surface area contributed by atoms with E-state index < -0.39 is 0 Å². The third-order valence-electron chi connectivity index (χ3n) is 3.21. The minimum Gasteiger partial charge on any atom is -0.381 e. The molecule has 22 heavy (non-hydrogen) atoms. The number of fused-ring (bicyclic) bond motifs is 1. The van der Waals surface area contributed by atoms with Crippen LogP contribution in [0, 0.1) is 0 Å². The Kier molecular flexibility index (Phi) is 4.22. The number of nitrogen functional groups attached to an aromatic ring is 1. The van der Waals surface area contributed by atoms with Gasteiger partial charge in [-0.15, -0.1) is 5.10 Å². The summed E-state index contributed by atoms with van der Waals surface area (Å²) in [5.41, 5.74) is 8.32. The Hall–Kier alpha value is -2.18. The molecule has 6 nitrogen and oxygen atoms in total. The summed E-state index contributed by atoms with van der Waals surface area (Å²) in [6.07, 6.45) is 0.644.